The van der Waals surface area contributed by atoms with E-state index in [0.717, 1.165) is 12.1 Å². The number of methoxy groups -OCH3 is 1. The standard InChI is InChI=1S/C13H9F5N2O3S/c1-23-6-2-4-7(5-3-6)24(21,22)20-19-13-11(17)9(15)8(14)10(16)12(13)18/h2-5,19-20H,1H3. The zero-order chi connectivity index (χ0) is 18.1. The fourth-order valence-corrected chi connectivity index (χ4v) is 2.50. The first-order chi connectivity index (χ1) is 11.2. The molecular weight excluding hydrogens is 359 g/mol. The first kappa shape index (κ1) is 17.9. The van der Waals surface area contributed by atoms with E-state index >= 15 is 0 Å². The van der Waals surface area contributed by atoms with Crippen LogP contribution in [0, 0.1) is 29.1 Å². The summed E-state index contributed by atoms with van der Waals surface area (Å²) in [5, 5.41) is 0. The summed E-state index contributed by atoms with van der Waals surface area (Å²) in [6.45, 7) is 0. The summed E-state index contributed by atoms with van der Waals surface area (Å²) in [5.74, 6) is -10.8. The van der Waals surface area contributed by atoms with Crippen LogP contribution in [0.25, 0.3) is 0 Å². The van der Waals surface area contributed by atoms with Crippen molar-refractivity contribution >= 4 is 15.7 Å². The van der Waals surface area contributed by atoms with E-state index < -0.39 is 44.8 Å². The predicted molar refractivity (Wildman–Crippen MR) is 73.2 cm³/mol. The Labute approximate surface area is 133 Å². The Kier molecular flexibility index (Phi) is 4.94. The summed E-state index contributed by atoms with van der Waals surface area (Å²) >= 11 is 0. The molecule has 0 aliphatic heterocycles. The Morgan fingerprint density at radius 2 is 1.29 bits per heavy atom. The molecule has 24 heavy (non-hydrogen) atoms. The number of sulfonamides is 1. The van der Waals surface area contributed by atoms with Crippen LogP contribution in [0.1, 0.15) is 0 Å². The zero-order valence-corrected chi connectivity index (χ0v) is 12.6. The number of anilines is 1. The van der Waals surface area contributed by atoms with Gasteiger partial charge in [-0.05, 0) is 24.3 Å². The van der Waals surface area contributed by atoms with Crippen LogP contribution >= 0.6 is 0 Å². The van der Waals surface area contributed by atoms with E-state index in [0.29, 0.717) is 5.75 Å². The first-order valence-corrected chi connectivity index (χ1v) is 7.60. The molecular formula is C13H9F5N2O3S. The molecule has 0 spiro atoms. The number of benzene rings is 2. The van der Waals surface area contributed by atoms with Gasteiger partial charge >= 0.3 is 0 Å². The highest BCUT2D eigenvalue weighted by atomic mass is 32.2. The van der Waals surface area contributed by atoms with E-state index in [1.807, 2.05) is 0 Å². The van der Waals surface area contributed by atoms with Gasteiger partial charge in [0.1, 0.15) is 11.4 Å². The molecule has 2 rings (SSSR count). The summed E-state index contributed by atoms with van der Waals surface area (Å²) in [6.07, 6.45) is 0. The van der Waals surface area contributed by atoms with E-state index in [9.17, 15) is 30.4 Å². The van der Waals surface area contributed by atoms with Gasteiger partial charge in [0.05, 0.1) is 12.0 Å². The van der Waals surface area contributed by atoms with Crippen LogP contribution in [-0.2, 0) is 10.0 Å². The Balaban J connectivity index is 2.30. The second-order valence-electron chi connectivity index (χ2n) is 4.35. The summed E-state index contributed by atoms with van der Waals surface area (Å²) in [5.41, 5.74) is -0.0330. The molecule has 0 aliphatic carbocycles. The second-order valence-corrected chi connectivity index (χ2v) is 6.03. The quantitative estimate of drug-likeness (QED) is 0.369. The van der Waals surface area contributed by atoms with Crippen LogP contribution in [-0.4, -0.2) is 15.5 Å². The number of rotatable bonds is 5. The maximum Gasteiger partial charge on any atom is 0.257 e. The van der Waals surface area contributed by atoms with Crippen molar-refractivity contribution in [3.8, 4) is 5.75 Å². The highest BCUT2D eigenvalue weighted by Gasteiger charge is 2.26. The van der Waals surface area contributed by atoms with Gasteiger partial charge in [0, 0.05) is 0 Å². The average molecular weight is 368 g/mol. The third kappa shape index (κ3) is 3.26. The molecule has 0 saturated carbocycles. The van der Waals surface area contributed by atoms with Crippen molar-refractivity contribution in [3.05, 3.63) is 53.4 Å². The lowest BCUT2D eigenvalue weighted by atomic mass is 10.2. The first-order valence-electron chi connectivity index (χ1n) is 6.12. The molecule has 0 bridgehead atoms. The smallest absolute Gasteiger partial charge is 0.257 e. The van der Waals surface area contributed by atoms with Crippen LogP contribution in [0.5, 0.6) is 5.75 Å². The van der Waals surface area contributed by atoms with Gasteiger partial charge in [0.2, 0.25) is 5.82 Å². The van der Waals surface area contributed by atoms with Crippen molar-refractivity contribution < 1.29 is 35.1 Å². The largest absolute Gasteiger partial charge is 0.497 e. The number of hydrogen-bond acceptors (Lipinski definition) is 4. The van der Waals surface area contributed by atoms with Crippen molar-refractivity contribution in [2.24, 2.45) is 0 Å². The van der Waals surface area contributed by atoms with E-state index in [1.165, 1.54) is 29.5 Å². The van der Waals surface area contributed by atoms with Crippen molar-refractivity contribution in [1.29, 1.82) is 0 Å². The molecule has 0 heterocycles. The topological polar surface area (TPSA) is 67.4 Å². The second kappa shape index (κ2) is 6.61. The molecule has 2 aromatic rings. The monoisotopic (exact) mass is 368 g/mol. The predicted octanol–water partition coefficient (Wildman–Crippen LogP) is 2.70. The van der Waals surface area contributed by atoms with E-state index in [2.05, 4.69) is 0 Å². The Bertz CT molecular complexity index is 843. The molecule has 0 saturated heterocycles. The van der Waals surface area contributed by atoms with Crippen LogP contribution in [0.15, 0.2) is 29.2 Å². The summed E-state index contributed by atoms with van der Waals surface area (Å²) in [7, 11) is -2.99. The summed E-state index contributed by atoms with van der Waals surface area (Å²) < 4.78 is 94.6. The summed E-state index contributed by atoms with van der Waals surface area (Å²) in [6, 6.07) is 4.82. The Morgan fingerprint density at radius 1 is 0.833 bits per heavy atom. The third-order valence-electron chi connectivity index (χ3n) is 2.89. The van der Waals surface area contributed by atoms with Crippen LogP contribution < -0.4 is 15.0 Å². The van der Waals surface area contributed by atoms with E-state index in [4.69, 9.17) is 4.74 Å². The molecule has 2 N–H and O–H groups in total. The Morgan fingerprint density at radius 3 is 1.75 bits per heavy atom. The number of hydrazine groups is 1. The third-order valence-corrected chi connectivity index (χ3v) is 4.15. The molecule has 0 fully saturated rings. The normalized spacial score (nSPS) is 11.4. The summed E-state index contributed by atoms with van der Waals surface area (Å²) in [4.78, 5) is 1.20. The van der Waals surface area contributed by atoms with Gasteiger partial charge in [-0.15, -0.1) is 4.83 Å². The number of ether oxygens (including phenoxy) is 1. The lowest BCUT2D eigenvalue weighted by Gasteiger charge is -2.12. The molecule has 11 heteroatoms. The molecule has 2 aromatic carbocycles. The lowest BCUT2D eigenvalue weighted by molar-refractivity contribution is 0.381. The number of nitrogens with one attached hydrogen (secondary N) is 2. The lowest BCUT2D eigenvalue weighted by Crippen LogP contribution is -2.31. The highest BCUT2D eigenvalue weighted by Crippen LogP contribution is 2.26. The van der Waals surface area contributed by atoms with E-state index in [-0.39, 0.29) is 4.90 Å². The van der Waals surface area contributed by atoms with Gasteiger partial charge < -0.3 is 10.2 Å². The highest BCUT2D eigenvalue weighted by molar-refractivity contribution is 7.89. The van der Waals surface area contributed by atoms with Crippen molar-refractivity contribution in [3.63, 3.8) is 0 Å². The van der Waals surface area contributed by atoms with Crippen LogP contribution in [0.4, 0.5) is 27.6 Å². The van der Waals surface area contributed by atoms with Crippen molar-refractivity contribution in [2.45, 2.75) is 4.90 Å². The molecule has 0 radical (unpaired) electrons. The Hall–Kier alpha value is -2.40. The van der Waals surface area contributed by atoms with Crippen LogP contribution in [0.2, 0.25) is 0 Å². The SMILES string of the molecule is COc1ccc(S(=O)(=O)NNc2c(F)c(F)c(F)c(F)c2F)cc1. The maximum atomic E-state index is 13.4. The number of hydrogen-bond donors (Lipinski definition) is 2. The van der Waals surface area contributed by atoms with Gasteiger partial charge in [0.15, 0.2) is 23.3 Å². The molecule has 0 atom stereocenters. The van der Waals surface area contributed by atoms with Gasteiger partial charge in [-0.2, -0.15) is 0 Å². The molecule has 0 aliphatic rings. The molecule has 0 unspecified atom stereocenters. The van der Waals surface area contributed by atoms with Crippen molar-refractivity contribution in [2.75, 3.05) is 12.5 Å². The molecule has 0 aromatic heterocycles. The minimum absolute atomic E-state index is 0.334. The molecule has 5 nitrogen and oxygen atoms in total. The van der Waals surface area contributed by atoms with Crippen LogP contribution in [0.3, 0.4) is 0 Å². The fraction of sp³-hybridized carbons (Fsp3) is 0.0769. The average Bonchev–Trinajstić information content (AvgIpc) is 2.58. The zero-order valence-electron chi connectivity index (χ0n) is 11.8. The molecule has 130 valence electrons. The van der Waals surface area contributed by atoms with Gasteiger partial charge in [-0.1, -0.05) is 0 Å². The van der Waals surface area contributed by atoms with Gasteiger partial charge in [0.25, 0.3) is 10.0 Å². The maximum absolute atomic E-state index is 13.4. The fourth-order valence-electron chi connectivity index (χ4n) is 1.65. The van der Waals surface area contributed by atoms with E-state index in [1.54, 1.807) is 0 Å². The van der Waals surface area contributed by atoms with Gasteiger partial charge in [-0.3, -0.25) is 0 Å². The number of halogens is 5. The molecule has 0 amide bonds. The minimum atomic E-state index is -4.34. The minimum Gasteiger partial charge on any atom is -0.497 e. The van der Waals surface area contributed by atoms with Gasteiger partial charge in [-0.25, -0.2) is 30.4 Å². The van der Waals surface area contributed by atoms with Crippen molar-refractivity contribution in [1.82, 2.24) is 4.83 Å².